The molecule has 0 aliphatic carbocycles. The highest BCUT2D eigenvalue weighted by atomic mass is 16.5. The van der Waals surface area contributed by atoms with Gasteiger partial charge in [-0.15, -0.1) is 23.0 Å². The topological polar surface area (TPSA) is 117 Å². The minimum Gasteiger partial charge on any atom is -0.495 e. The smallest absolute Gasteiger partial charge is 0.146 e. The monoisotopic (exact) mass is 754 g/mol. The molecule has 288 valence electrons. The molecule has 0 N–H and O–H groups in total. The minimum absolute atomic E-state index is 0.426. The molecule has 6 aromatic rings. The van der Waals surface area contributed by atoms with Crippen LogP contribution in [0, 0.1) is 36.5 Å². The molecule has 0 amide bonds. The molecule has 0 saturated carbocycles. The van der Waals surface area contributed by atoms with Crippen molar-refractivity contribution in [1.29, 1.82) is 0 Å². The van der Waals surface area contributed by atoms with Gasteiger partial charge in [-0.3, -0.25) is 0 Å². The summed E-state index contributed by atoms with van der Waals surface area (Å²) >= 11 is 0. The number of terminal acetylenes is 2. The number of ether oxygens (including phenoxy) is 6. The molecule has 0 bridgehead atoms. The van der Waals surface area contributed by atoms with Crippen LogP contribution in [0.2, 0.25) is 0 Å². The van der Waals surface area contributed by atoms with Crippen molar-refractivity contribution in [1.82, 2.24) is 30.0 Å². The normalized spacial score (nSPS) is 10.6. The summed E-state index contributed by atoms with van der Waals surface area (Å²) in [4.78, 5) is 0. The van der Waals surface area contributed by atoms with E-state index >= 15 is 0 Å². The van der Waals surface area contributed by atoms with Gasteiger partial charge in [0, 0.05) is 35.4 Å². The molecule has 6 rings (SSSR count). The quantitative estimate of drug-likeness (QED) is 0.102. The Bertz CT molecular complexity index is 2170. The molecule has 0 unspecified atom stereocenters. The first-order chi connectivity index (χ1) is 27.1. The summed E-state index contributed by atoms with van der Waals surface area (Å²) in [6.07, 6.45) is 14.7. The molecule has 0 aliphatic heterocycles. The van der Waals surface area contributed by atoms with E-state index in [9.17, 15) is 0 Å². The number of methoxy groups -OCH3 is 4. The summed E-state index contributed by atoms with van der Waals surface area (Å²) in [5.41, 5.74) is 5.71. The number of aromatic nitrogens is 6. The van der Waals surface area contributed by atoms with Crippen LogP contribution < -0.4 is 28.4 Å². The third-order valence-corrected chi connectivity index (χ3v) is 8.26. The highest BCUT2D eigenvalue weighted by Gasteiger charge is 2.18. The number of benzene rings is 4. The first-order valence-electron chi connectivity index (χ1n) is 17.9. The molecule has 12 heteroatoms. The van der Waals surface area contributed by atoms with Gasteiger partial charge in [0.05, 0.1) is 65.2 Å². The lowest BCUT2D eigenvalue weighted by atomic mass is 10.1. The molecule has 0 radical (unpaired) electrons. The molecule has 0 aliphatic rings. The van der Waals surface area contributed by atoms with E-state index in [-0.39, 0.29) is 0 Å². The fourth-order valence-electron chi connectivity index (χ4n) is 5.48. The van der Waals surface area contributed by atoms with Gasteiger partial charge in [0.2, 0.25) is 0 Å². The lowest BCUT2D eigenvalue weighted by molar-refractivity contribution is 0.272. The summed E-state index contributed by atoms with van der Waals surface area (Å²) in [6, 6.07) is 22.6. The van der Waals surface area contributed by atoms with Crippen molar-refractivity contribution in [2.45, 2.75) is 27.7 Å². The van der Waals surface area contributed by atoms with Crippen LogP contribution in [0.3, 0.4) is 0 Å². The van der Waals surface area contributed by atoms with E-state index in [1.54, 1.807) is 62.1 Å². The third-order valence-electron chi connectivity index (χ3n) is 8.26. The standard InChI is InChI=1S/2C22H23N3O3/c2*1-6-16-11-22(27-5)19(12-21(16)26-4)25-13-18(23-24-25)17-9-7-8-10-20(17)28-14-15(2)3/h2*1,7-13,15H,14H2,2-5H3. The summed E-state index contributed by atoms with van der Waals surface area (Å²) in [5.74, 6) is 9.88. The van der Waals surface area contributed by atoms with Crippen molar-refractivity contribution in [2.24, 2.45) is 11.8 Å². The van der Waals surface area contributed by atoms with Gasteiger partial charge in [-0.05, 0) is 36.1 Å². The Morgan fingerprint density at radius 1 is 0.536 bits per heavy atom. The predicted octanol–water partition coefficient (Wildman–Crippen LogP) is 7.94. The minimum atomic E-state index is 0.426. The van der Waals surface area contributed by atoms with Crippen LogP contribution in [0.5, 0.6) is 34.5 Å². The van der Waals surface area contributed by atoms with E-state index in [1.165, 1.54) is 0 Å². The van der Waals surface area contributed by atoms with Gasteiger partial charge < -0.3 is 28.4 Å². The second-order valence-corrected chi connectivity index (χ2v) is 13.2. The van der Waals surface area contributed by atoms with Crippen molar-refractivity contribution in [3.05, 3.63) is 96.3 Å². The van der Waals surface area contributed by atoms with E-state index < -0.39 is 0 Å². The molecule has 4 aromatic carbocycles. The van der Waals surface area contributed by atoms with Crippen molar-refractivity contribution < 1.29 is 28.4 Å². The van der Waals surface area contributed by atoms with Gasteiger partial charge in [-0.2, -0.15) is 0 Å². The fourth-order valence-corrected chi connectivity index (χ4v) is 5.48. The maximum Gasteiger partial charge on any atom is 0.146 e. The van der Waals surface area contributed by atoms with Gasteiger partial charge >= 0.3 is 0 Å². The van der Waals surface area contributed by atoms with E-state index in [1.807, 2.05) is 60.9 Å². The first kappa shape index (κ1) is 40.3. The van der Waals surface area contributed by atoms with Gasteiger partial charge in [-0.1, -0.05) is 74.2 Å². The van der Waals surface area contributed by atoms with Crippen molar-refractivity contribution in [3.63, 3.8) is 0 Å². The maximum atomic E-state index is 5.94. The van der Waals surface area contributed by atoms with Gasteiger partial charge in [0.1, 0.15) is 57.3 Å². The van der Waals surface area contributed by atoms with Crippen molar-refractivity contribution in [2.75, 3.05) is 41.7 Å². The second kappa shape index (κ2) is 18.9. The van der Waals surface area contributed by atoms with Gasteiger partial charge in [0.25, 0.3) is 0 Å². The highest BCUT2D eigenvalue weighted by Crippen LogP contribution is 2.35. The van der Waals surface area contributed by atoms with E-state index in [0.29, 0.717) is 81.9 Å². The summed E-state index contributed by atoms with van der Waals surface area (Å²) < 4.78 is 36.9. The molecule has 0 fully saturated rings. The van der Waals surface area contributed by atoms with Crippen LogP contribution in [0.15, 0.2) is 85.2 Å². The van der Waals surface area contributed by atoms with Crippen LogP contribution in [-0.2, 0) is 0 Å². The Balaban J connectivity index is 0.000000214. The number of hydrogen-bond acceptors (Lipinski definition) is 10. The molecule has 2 aromatic heterocycles. The Hall–Kier alpha value is -6.92. The lowest BCUT2D eigenvalue weighted by Gasteiger charge is -2.12. The predicted molar refractivity (Wildman–Crippen MR) is 216 cm³/mol. The molecule has 12 nitrogen and oxygen atoms in total. The molecular formula is C44H46N6O6. The van der Waals surface area contributed by atoms with Crippen LogP contribution in [-0.4, -0.2) is 71.6 Å². The van der Waals surface area contributed by atoms with Crippen molar-refractivity contribution in [3.8, 4) is 93.1 Å². The summed E-state index contributed by atoms with van der Waals surface area (Å²) in [6.45, 7) is 9.70. The lowest BCUT2D eigenvalue weighted by Crippen LogP contribution is -2.05. The van der Waals surface area contributed by atoms with Crippen LogP contribution in [0.4, 0.5) is 0 Å². The molecule has 0 saturated heterocycles. The van der Waals surface area contributed by atoms with Crippen LogP contribution in [0.25, 0.3) is 33.9 Å². The molecule has 0 atom stereocenters. The molecule has 2 heterocycles. The Morgan fingerprint density at radius 2 is 0.911 bits per heavy atom. The second-order valence-electron chi connectivity index (χ2n) is 13.2. The largest absolute Gasteiger partial charge is 0.495 e. The van der Waals surface area contributed by atoms with E-state index in [2.05, 4.69) is 60.2 Å². The van der Waals surface area contributed by atoms with Gasteiger partial charge in [-0.25, -0.2) is 9.36 Å². The summed E-state index contributed by atoms with van der Waals surface area (Å²) in [7, 11) is 6.31. The molecule has 0 spiro atoms. The average molecular weight is 755 g/mol. The van der Waals surface area contributed by atoms with Crippen LogP contribution in [0.1, 0.15) is 38.8 Å². The Kier molecular flexibility index (Phi) is 13.6. The Morgan fingerprint density at radius 3 is 1.25 bits per heavy atom. The van der Waals surface area contributed by atoms with Crippen LogP contribution >= 0.6 is 0 Å². The highest BCUT2D eigenvalue weighted by molar-refractivity contribution is 5.68. The SMILES string of the molecule is C#Cc1cc(OC)c(-n2cc(-c3ccccc3OCC(C)C)nn2)cc1OC.C#Cc1cc(OC)c(-n2cc(-c3ccccc3OCC(C)C)nn2)cc1OC. The zero-order valence-corrected chi connectivity index (χ0v) is 32.9. The fraction of sp³-hybridized carbons (Fsp3) is 0.273. The zero-order valence-electron chi connectivity index (χ0n) is 32.9. The summed E-state index contributed by atoms with van der Waals surface area (Å²) in [5, 5.41) is 17.2. The molecule has 56 heavy (non-hydrogen) atoms. The average Bonchev–Trinajstić information content (AvgIpc) is 3.93. The number of para-hydroxylation sites is 2. The van der Waals surface area contributed by atoms with E-state index in [0.717, 1.165) is 22.6 Å². The number of nitrogens with zero attached hydrogens (tertiary/aromatic N) is 6. The van der Waals surface area contributed by atoms with Gasteiger partial charge in [0.15, 0.2) is 0 Å². The Labute approximate surface area is 328 Å². The van der Waals surface area contributed by atoms with Crippen molar-refractivity contribution >= 4 is 0 Å². The third kappa shape index (κ3) is 9.41. The zero-order chi connectivity index (χ0) is 40.2. The first-order valence-corrected chi connectivity index (χ1v) is 17.9. The number of rotatable bonds is 14. The molecular weight excluding hydrogens is 709 g/mol. The van der Waals surface area contributed by atoms with E-state index in [4.69, 9.17) is 41.3 Å². The maximum absolute atomic E-state index is 5.94. The number of hydrogen-bond donors (Lipinski definition) is 0.